The molecular weight excluding hydrogens is 270 g/mol. The first-order valence-electron chi connectivity index (χ1n) is 5.43. The molecule has 0 aromatic carbocycles. The Labute approximate surface area is 114 Å². The Bertz CT molecular complexity index is 542. The van der Waals surface area contributed by atoms with Crippen LogP contribution in [0.1, 0.15) is 17.3 Å². The SMILES string of the molecule is CCNc1cc(C(=O)Nc2ccsc2)c(Cl)cn1. The monoisotopic (exact) mass is 281 g/mol. The Hall–Kier alpha value is -1.59. The van der Waals surface area contributed by atoms with Crippen LogP contribution in [0.3, 0.4) is 0 Å². The molecule has 2 heterocycles. The van der Waals surface area contributed by atoms with Crippen LogP contribution in [0.5, 0.6) is 0 Å². The van der Waals surface area contributed by atoms with E-state index in [1.165, 1.54) is 17.5 Å². The predicted molar refractivity (Wildman–Crippen MR) is 75.7 cm³/mol. The van der Waals surface area contributed by atoms with Crippen molar-refractivity contribution >= 4 is 40.4 Å². The maximum absolute atomic E-state index is 12.0. The van der Waals surface area contributed by atoms with Crippen LogP contribution in [0.2, 0.25) is 5.02 Å². The van der Waals surface area contributed by atoms with Crippen molar-refractivity contribution in [3.8, 4) is 0 Å². The van der Waals surface area contributed by atoms with E-state index < -0.39 is 0 Å². The molecule has 0 unspecified atom stereocenters. The van der Waals surface area contributed by atoms with Gasteiger partial charge in [0.05, 0.1) is 16.3 Å². The van der Waals surface area contributed by atoms with Gasteiger partial charge in [0, 0.05) is 18.1 Å². The maximum atomic E-state index is 12.0. The molecule has 2 aromatic rings. The molecule has 0 aliphatic heterocycles. The van der Waals surface area contributed by atoms with E-state index in [2.05, 4.69) is 15.6 Å². The minimum absolute atomic E-state index is 0.236. The summed E-state index contributed by atoms with van der Waals surface area (Å²) >= 11 is 7.50. The van der Waals surface area contributed by atoms with Crippen molar-refractivity contribution in [3.05, 3.63) is 39.7 Å². The van der Waals surface area contributed by atoms with Gasteiger partial charge in [-0.25, -0.2) is 4.98 Å². The third-order valence-corrected chi connectivity index (χ3v) is 3.22. The molecule has 2 aromatic heterocycles. The normalized spacial score (nSPS) is 10.1. The fraction of sp³-hybridized carbons (Fsp3) is 0.167. The lowest BCUT2D eigenvalue weighted by atomic mass is 10.2. The van der Waals surface area contributed by atoms with Crippen molar-refractivity contribution in [3.63, 3.8) is 0 Å². The molecule has 0 radical (unpaired) electrons. The lowest BCUT2D eigenvalue weighted by molar-refractivity contribution is 0.102. The van der Waals surface area contributed by atoms with Crippen LogP contribution in [-0.4, -0.2) is 17.4 Å². The molecular formula is C12H12ClN3OS. The first-order valence-corrected chi connectivity index (χ1v) is 6.75. The lowest BCUT2D eigenvalue weighted by Crippen LogP contribution is -2.13. The maximum Gasteiger partial charge on any atom is 0.257 e. The van der Waals surface area contributed by atoms with E-state index in [1.54, 1.807) is 6.07 Å². The highest BCUT2D eigenvalue weighted by atomic mass is 35.5. The van der Waals surface area contributed by atoms with Gasteiger partial charge in [-0.2, -0.15) is 11.3 Å². The van der Waals surface area contributed by atoms with Gasteiger partial charge >= 0.3 is 0 Å². The zero-order chi connectivity index (χ0) is 13.0. The number of carbonyl (C=O) groups is 1. The van der Waals surface area contributed by atoms with Crippen molar-refractivity contribution in [1.29, 1.82) is 0 Å². The molecule has 1 amide bonds. The van der Waals surface area contributed by atoms with Crippen molar-refractivity contribution < 1.29 is 4.79 Å². The van der Waals surface area contributed by atoms with E-state index >= 15 is 0 Å². The highest BCUT2D eigenvalue weighted by Crippen LogP contribution is 2.20. The van der Waals surface area contributed by atoms with Gasteiger partial charge < -0.3 is 10.6 Å². The van der Waals surface area contributed by atoms with Crippen LogP contribution in [0.15, 0.2) is 29.1 Å². The Morgan fingerprint density at radius 1 is 1.56 bits per heavy atom. The third-order valence-electron chi connectivity index (χ3n) is 2.24. The van der Waals surface area contributed by atoms with Crippen molar-refractivity contribution in [2.45, 2.75) is 6.92 Å². The number of pyridine rings is 1. The predicted octanol–water partition coefficient (Wildman–Crippen LogP) is 3.48. The summed E-state index contributed by atoms with van der Waals surface area (Å²) in [5.74, 6) is 0.400. The second-order valence-corrected chi connectivity index (χ2v) is 4.73. The first-order chi connectivity index (χ1) is 8.70. The third kappa shape index (κ3) is 3.00. The van der Waals surface area contributed by atoms with E-state index in [0.29, 0.717) is 16.4 Å². The van der Waals surface area contributed by atoms with Crippen LogP contribution >= 0.6 is 22.9 Å². The molecule has 4 nitrogen and oxygen atoms in total. The molecule has 0 saturated heterocycles. The van der Waals surface area contributed by atoms with Crippen LogP contribution in [0.4, 0.5) is 11.5 Å². The molecule has 2 rings (SSSR count). The molecule has 0 aliphatic rings. The average Bonchev–Trinajstić information content (AvgIpc) is 2.84. The number of aromatic nitrogens is 1. The van der Waals surface area contributed by atoms with E-state index in [1.807, 2.05) is 23.8 Å². The molecule has 0 atom stereocenters. The van der Waals surface area contributed by atoms with Gasteiger partial charge in [0.25, 0.3) is 5.91 Å². The van der Waals surface area contributed by atoms with Crippen LogP contribution in [0.25, 0.3) is 0 Å². The largest absolute Gasteiger partial charge is 0.370 e. The van der Waals surface area contributed by atoms with E-state index in [4.69, 9.17) is 11.6 Å². The summed E-state index contributed by atoms with van der Waals surface area (Å²) in [7, 11) is 0. The van der Waals surface area contributed by atoms with Crippen LogP contribution in [-0.2, 0) is 0 Å². The molecule has 18 heavy (non-hydrogen) atoms. The number of nitrogens with one attached hydrogen (secondary N) is 2. The number of halogens is 1. The van der Waals surface area contributed by atoms with Crippen LogP contribution in [0, 0.1) is 0 Å². The smallest absolute Gasteiger partial charge is 0.257 e. The quantitative estimate of drug-likeness (QED) is 0.902. The van der Waals surface area contributed by atoms with E-state index in [9.17, 15) is 4.79 Å². The van der Waals surface area contributed by atoms with Gasteiger partial charge in [0.2, 0.25) is 0 Å². The Morgan fingerprint density at radius 2 is 2.39 bits per heavy atom. The molecule has 0 spiro atoms. The van der Waals surface area contributed by atoms with Gasteiger partial charge in [-0.05, 0) is 24.4 Å². The molecule has 0 bridgehead atoms. The van der Waals surface area contributed by atoms with Crippen molar-refractivity contribution in [1.82, 2.24) is 4.98 Å². The van der Waals surface area contributed by atoms with Gasteiger partial charge in [-0.1, -0.05) is 11.6 Å². The summed E-state index contributed by atoms with van der Waals surface area (Å²) in [5.41, 5.74) is 1.18. The van der Waals surface area contributed by atoms with Crippen molar-refractivity contribution in [2.24, 2.45) is 0 Å². The summed E-state index contributed by atoms with van der Waals surface area (Å²) in [6, 6.07) is 3.48. The number of hydrogen-bond donors (Lipinski definition) is 2. The summed E-state index contributed by atoms with van der Waals surface area (Å²) < 4.78 is 0. The minimum atomic E-state index is -0.236. The Kier molecular flexibility index (Phi) is 4.17. The van der Waals surface area contributed by atoms with E-state index in [-0.39, 0.29) is 5.91 Å². The number of thiophene rings is 1. The highest BCUT2D eigenvalue weighted by Gasteiger charge is 2.12. The number of nitrogens with zero attached hydrogens (tertiary/aromatic N) is 1. The number of carbonyl (C=O) groups excluding carboxylic acids is 1. The van der Waals surface area contributed by atoms with Gasteiger partial charge in [0.15, 0.2) is 0 Å². The Morgan fingerprint density at radius 3 is 3.06 bits per heavy atom. The zero-order valence-corrected chi connectivity index (χ0v) is 11.3. The van der Waals surface area contributed by atoms with E-state index in [0.717, 1.165) is 12.2 Å². The fourth-order valence-corrected chi connectivity index (χ4v) is 2.20. The first kappa shape index (κ1) is 12.9. The summed E-state index contributed by atoms with van der Waals surface area (Å²) in [4.78, 5) is 16.1. The second kappa shape index (κ2) is 5.84. The minimum Gasteiger partial charge on any atom is -0.370 e. The second-order valence-electron chi connectivity index (χ2n) is 3.55. The lowest BCUT2D eigenvalue weighted by Gasteiger charge is -2.07. The van der Waals surface area contributed by atoms with Crippen molar-refractivity contribution in [2.75, 3.05) is 17.2 Å². The molecule has 94 valence electrons. The molecule has 6 heteroatoms. The molecule has 2 N–H and O–H groups in total. The fourth-order valence-electron chi connectivity index (χ4n) is 1.42. The summed E-state index contributed by atoms with van der Waals surface area (Å²) in [5, 5.41) is 9.91. The summed E-state index contributed by atoms with van der Waals surface area (Å²) in [6.07, 6.45) is 1.47. The van der Waals surface area contributed by atoms with Gasteiger partial charge in [-0.15, -0.1) is 0 Å². The molecule has 0 saturated carbocycles. The van der Waals surface area contributed by atoms with Gasteiger partial charge in [0.1, 0.15) is 5.82 Å². The number of rotatable bonds is 4. The number of amides is 1. The van der Waals surface area contributed by atoms with Crippen LogP contribution < -0.4 is 10.6 Å². The standard InChI is InChI=1S/C12H12ClN3OS/c1-2-14-11-5-9(10(13)6-15-11)12(17)16-8-3-4-18-7-8/h3-7H,2H2,1H3,(H,14,15)(H,16,17). The number of hydrogen-bond acceptors (Lipinski definition) is 4. The zero-order valence-electron chi connectivity index (χ0n) is 9.74. The summed E-state index contributed by atoms with van der Waals surface area (Å²) in [6.45, 7) is 2.70. The average molecular weight is 282 g/mol. The molecule has 0 aliphatic carbocycles. The molecule has 0 fully saturated rings. The Balaban J connectivity index is 2.20. The highest BCUT2D eigenvalue weighted by molar-refractivity contribution is 7.08. The van der Waals surface area contributed by atoms with Gasteiger partial charge in [-0.3, -0.25) is 4.79 Å². The topological polar surface area (TPSA) is 54.0 Å². The number of anilines is 2.